The Labute approximate surface area is 467 Å². The van der Waals surface area contributed by atoms with E-state index in [-0.39, 0.29) is 23.6 Å². The van der Waals surface area contributed by atoms with Gasteiger partial charge in [-0.15, -0.1) is 11.8 Å². The lowest BCUT2D eigenvalue weighted by Crippen LogP contribution is -2.59. The van der Waals surface area contributed by atoms with E-state index in [1.165, 1.54) is 89.8 Å². The summed E-state index contributed by atoms with van der Waals surface area (Å²) in [6.45, 7) is 9.54. The van der Waals surface area contributed by atoms with Crippen LogP contribution in [-0.2, 0) is 47.8 Å². The summed E-state index contributed by atoms with van der Waals surface area (Å²) in [5, 5.41) is 10.9. The molecule has 24 nitrogen and oxygen atoms in total. The van der Waals surface area contributed by atoms with Gasteiger partial charge in [0.25, 0.3) is 11.8 Å². The van der Waals surface area contributed by atoms with Crippen LogP contribution in [0.15, 0.2) is 60.9 Å². The first kappa shape index (κ1) is 62.4. The van der Waals surface area contributed by atoms with Crippen LogP contribution in [0, 0.1) is 11.8 Å². The van der Waals surface area contributed by atoms with Crippen molar-refractivity contribution < 1.29 is 57.4 Å². The maximum atomic E-state index is 14.6. The normalized spacial score (nSPS) is 23.6. The van der Waals surface area contributed by atoms with Gasteiger partial charge in [-0.1, -0.05) is 52.0 Å². The molecule has 79 heavy (non-hydrogen) atoms. The predicted molar refractivity (Wildman–Crippen MR) is 296 cm³/mol. The smallest absolute Gasteiger partial charge is 0.329 e. The number of cyclic esters (lactones) is 2. The second-order valence-corrected chi connectivity index (χ2v) is 22.0. The highest BCUT2D eigenvalue weighted by Gasteiger charge is 2.41. The van der Waals surface area contributed by atoms with Crippen LogP contribution in [0.1, 0.15) is 75.9 Å². The molecule has 0 unspecified atom stereocenters. The van der Waals surface area contributed by atoms with Gasteiger partial charge >= 0.3 is 11.9 Å². The van der Waals surface area contributed by atoms with E-state index >= 15 is 0 Å². The van der Waals surface area contributed by atoms with Crippen LogP contribution in [0.4, 0.5) is 0 Å². The third-order valence-electron chi connectivity index (χ3n) is 13.2. The molecule has 4 aromatic rings. The zero-order chi connectivity index (χ0) is 58.4. The van der Waals surface area contributed by atoms with E-state index in [0.717, 1.165) is 14.7 Å². The second kappa shape index (κ2) is 28.4. The summed E-state index contributed by atoms with van der Waals surface area (Å²) >= 11 is 2.83. The van der Waals surface area contributed by atoms with Gasteiger partial charge in [-0.3, -0.25) is 48.3 Å². The third kappa shape index (κ3) is 15.9. The van der Waals surface area contributed by atoms with E-state index in [9.17, 15) is 47.9 Å². The van der Waals surface area contributed by atoms with E-state index < -0.39 is 133 Å². The molecule has 26 heteroatoms. The largest absolute Gasteiger partial charge is 0.464 e. The van der Waals surface area contributed by atoms with Gasteiger partial charge < -0.3 is 50.3 Å². The zero-order valence-electron chi connectivity index (χ0n) is 46.4. The number of carbonyl (C=O) groups is 10. The van der Waals surface area contributed by atoms with E-state index in [2.05, 4.69) is 41.2 Å². The topological polar surface area (TPSA) is 302 Å². The quantitative estimate of drug-likeness (QED) is 0.0997. The Bertz CT molecular complexity index is 2910. The molecule has 5 rings (SSSR count). The fourth-order valence-electron chi connectivity index (χ4n) is 8.69. The number of aromatic nitrogens is 4. The number of benzene rings is 2. The fraction of sp³-hybridized carbons (Fsp3) is 0.509. The molecule has 1 saturated heterocycles. The molecule has 1 aliphatic heterocycles. The second-order valence-electron chi connectivity index (χ2n) is 19.7. The minimum atomic E-state index is -1.67. The zero-order valence-corrected chi connectivity index (χ0v) is 48.0. The summed E-state index contributed by atoms with van der Waals surface area (Å²) in [4.78, 5) is 163. The lowest BCUT2D eigenvalue weighted by atomic mass is 10.0. The van der Waals surface area contributed by atoms with E-state index in [1.54, 1.807) is 76.2 Å². The van der Waals surface area contributed by atoms with Crippen molar-refractivity contribution in [2.75, 3.05) is 58.5 Å². The van der Waals surface area contributed by atoms with Gasteiger partial charge in [-0.25, -0.2) is 19.6 Å². The van der Waals surface area contributed by atoms with E-state index in [0.29, 0.717) is 27.2 Å². The van der Waals surface area contributed by atoms with Crippen LogP contribution in [0.3, 0.4) is 0 Å². The van der Waals surface area contributed by atoms with Gasteiger partial charge in [0.15, 0.2) is 0 Å². The van der Waals surface area contributed by atoms with Crippen molar-refractivity contribution in [3.8, 4) is 0 Å². The van der Waals surface area contributed by atoms with E-state index in [4.69, 9.17) is 9.47 Å². The van der Waals surface area contributed by atoms with E-state index in [1.807, 2.05) is 6.26 Å². The third-order valence-corrected chi connectivity index (χ3v) is 15.4. The number of carbonyl (C=O) groups excluding carboxylic acids is 10. The monoisotopic (exact) mass is 1130 g/mol. The number of thioether (sulfide) groups is 2. The SMILES string of the molecule is CSCSC[C@H]1C(=O)N(C)[C@@H](C(C)C)C(=O)OCC[C@@H](NC(=O)c2cnc3ccccc3n2)C(=O)N[C@@H](C)C(=O)N(C)[C@@H](C)C(=O)N(C)[C@@H](C(C)C)C(=O)OC[C@@H](NC(=O)c2cnc3ccccc3n2)C(=O)N[C@@H](C)C(=O)N1C. The van der Waals surface area contributed by atoms with Crippen molar-refractivity contribution in [1.82, 2.24) is 60.8 Å². The number of esters is 2. The number of nitrogens with zero attached hydrogens (tertiary/aromatic N) is 8. The van der Waals surface area contributed by atoms with Gasteiger partial charge in [-0.05, 0) is 63.1 Å². The van der Waals surface area contributed by atoms with Gasteiger partial charge in [0.05, 0.1) is 41.1 Å². The minimum absolute atomic E-state index is 0.0652. The summed E-state index contributed by atoms with van der Waals surface area (Å²) in [6, 6.07) is 2.83. The van der Waals surface area contributed by atoms with Crippen LogP contribution < -0.4 is 21.3 Å². The van der Waals surface area contributed by atoms with Crippen LogP contribution in [0.2, 0.25) is 0 Å². The predicted octanol–water partition coefficient (Wildman–Crippen LogP) is 1.66. The van der Waals surface area contributed by atoms with Gasteiger partial charge in [0.2, 0.25) is 35.4 Å². The number of nitrogens with one attached hydrogen (secondary N) is 4. The summed E-state index contributed by atoms with van der Waals surface area (Å²) in [5.74, 6) is -9.31. The summed E-state index contributed by atoms with van der Waals surface area (Å²) in [7, 11) is 5.42. The molecule has 426 valence electrons. The number of amides is 8. The number of hydrogen-bond donors (Lipinski definition) is 4. The highest BCUT2D eigenvalue weighted by atomic mass is 32.2. The number of likely N-dealkylation sites (N-methyl/N-ethyl adjacent to an activating group) is 4. The molecule has 4 N–H and O–H groups in total. The number of hydrogen-bond acceptors (Lipinski definition) is 18. The number of ether oxygens (including phenoxy) is 2. The molecule has 3 heterocycles. The Morgan fingerprint density at radius 3 is 1.56 bits per heavy atom. The molecular formula is C53H70N12O12S2. The Kier molecular flexibility index (Phi) is 22.4. The average molecular weight is 1130 g/mol. The highest BCUT2D eigenvalue weighted by molar-refractivity contribution is 8.15. The first-order chi connectivity index (χ1) is 37.4. The van der Waals surface area contributed by atoms with Crippen LogP contribution in [-0.4, -0.2) is 206 Å². The first-order valence-electron chi connectivity index (χ1n) is 25.5. The number of para-hydroxylation sites is 4. The maximum absolute atomic E-state index is 14.6. The lowest BCUT2D eigenvalue weighted by Gasteiger charge is -2.36. The Balaban J connectivity index is 1.51. The average Bonchev–Trinajstić information content (AvgIpc) is 3.46. The molecule has 2 aromatic heterocycles. The first-order valence-corrected chi connectivity index (χ1v) is 28.1. The molecule has 1 aliphatic rings. The fourth-order valence-corrected chi connectivity index (χ4v) is 10.3. The lowest BCUT2D eigenvalue weighted by molar-refractivity contribution is -0.159. The van der Waals surface area contributed by atoms with Crippen LogP contribution in [0.25, 0.3) is 22.1 Å². The Morgan fingerprint density at radius 2 is 1.06 bits per heavy atom. The van der Waals surface area contributed by atoms with Crippen molar-refractivity contribution in [1.29, 1.82) is 0 Å². The van der Waals surface area contributed by atoms with Gasteiger partial charge in [-0.2, -0.15) is 11.8 Å². The minimum Gasteiger partial charge on any atom is -0.464 e. The molecule has 0 aliphatic carbocycles. The van der Waals surface area contributed by atoms with Crippen molar-refractivity contribution >= 4 is 105 Å². The van der Waals surface area contributed by atoms with Crippen molar-refractivity contribution in [3.05, 3.63) is 72.3 Å². The molecule has 2 aromatic carbocycles. The number of fused-ring (bicyclic) bond motifs is 2. The van der Waals surface area contributed by atoms with Crippen LogP contribution >= 0.6 is 23.5 Å². The molecule has 1 fully saturated rings. The summed E-state index contributed by atoms with van der Waals surface area (Å²) < 4.78 is 11.5. The summed E-state index contributed by atoms with van der Waals surface area (Å²) in [5.41, 5.74) is 1.47. The molecule has 0 saturated carbocycles. The van der Waals surface area contributed by atoms with Crippen molar-refractivity contribution in [3.63, 3.8) is 0 Å². The molecular weight excluding hydrogens is 1060 g/mol. The molecule has 0 spiro atoms. The Morgan fingerprint density at radius 1 is 0.620 bits per heavy atom. The van der Waals surface area contributed by atoms with Gasteiger partial charge in [0, 0.05) is 45.4 Å². The molecule has 8 amide bonds. The number of rotatable bonds is 10. The maximum Gasteiger partial charge on any atom is 0.329 e. The molecule has 8 atom stereocenters. The standard InChI is InChI=1S/C53H70N12O12S2/c1-28(2)42-52(74)76-22-21-37(60-45(67)38-23-54-33-17-13-15-19-35(33)58-38)44(66)56-30(5)48(70)62(8)32(7)50(72)64(10)43(29(3)4)53(75)77-25-40(61-46(68)39-24-55-34-18-14-16-20-36(34)59-39)47(69)57-31(6)49(71)63(9)41(26-79-27-78-12)51(73)65(42)11/h13-20,23-24,28-32,37,40-43H,21-22,25-27H2,1-12H3,(H,56,66)(H,57,69)(H,60,67)(H,61,68)/t30-,31-,32-,37+,40+,41-,42-,43-/m0/s1. The molecule has 0 bridgehead atoms. The molecule has 0 radical (unpaired) electrons. The Hall–Kier alpha value is -7.48. The van der Waals surface area contributed by atoms with Crippen LogP contribution in [0.5, 0.6) is 0 Å². The van der Waals surface area contributed by atoms with Crippen molar-refractivity contribution in [2.45, 2.75) is 103 Å². The highest BCUT2D eigenvalue weighted by Crippen LogP contribution is 2.21. The summed E-state index contributed by atoms with van der Waals surface area (Å²) in [6.07, 6.45) is 3.97. The van der Waals surface area contributed by atoms with Gasteiger partial charge in [0.1, 0.15) is 66.3 Å². The van der Waals surface area contributed by atoms with Crippen molar-refractivity contribution in [2.24, 2.45) is 11.8 Å².